The number of nitrogens with zero attached hydrogens (tertiary/aromatic N) is 2. The highest BCUT2D eigenvalue weighted by molar-refractivity contribution is 9.10. The molecule has 74 valence electrons. The van der Waals surface area contributed by atoms with Crippen molar-refractivity contribution in [3.05, 3.63) is 22.9 Å². The van der Waals surface area contributed by atoms with Crippen LogP contribution < -0.4 is 5.73 Å². The minimum Gasteiger partial charge on any atom is -0.448 e. The van der Waals surface area contributed by atoms with E-state index in [1.54, 1.807) is 10.7 Å². The highest BCUT2D eigenvalue weighted by Crippen LogP contribution is 2.25. The molecule has 0 saturated heterocycles. The van der Waals surface area contributed by atoms with E-state index in [2.05, 4.69) is 21.0 Å². The second-order valence-electron chi connectivity index (χ2n) is 2.87. The molecule has 4 nitrogen and oxygen atoms in total. The molecule has 0 radical (unpaired) electrons. The summed E-state index contributed by atoms with van der Waals surface area (Å²) in [6, 6.07) is 5.48. The normalized spacial score (nSPS) is 10.7. The summed E-state index contributed by atoms with van der Waals surface area (Å²) in [6.07, 6.45) is 0. The third-order valence-electron chi connectivity index (χ3n) is 1.94. The largest absolute Gasteiger partial charge is 0.448 e. The molecule has 2 N–H and O–H groups in total. The second kappa shape index (κ2) is 3.49. The number of hydrogen-bond donors (Lipinski definition) is 1. The number of furan rings is 1. The topological polar surface area (TPSA) is 57.0 Å². The van der Waals surface area contributed by atoms with Crippen LogP contribution in [0, 0.1) is 0 Å². The summed E-state index contributed by atoms with van der Waals surface area (Å²) in [4.78, 5) is 0. The van der Waals surface area contributed by atoms with Crippen LogP contribution in [0.15, 0.2) is 27.3 Å². The van der Waals surface area contributed by atoms with Crippen molar-refractivity contribution in [2.45, 2.75) is 13.5 Å². The van der Waals surface area contributed by atoms with Crippen molar-refractivity contribution in [1.82, 2.24) is 9.78 Å². The first-order valence-electron chi connectivity index (χ1n) is 4.29. The average Bonchev–Trinajstić information content (AvgIpc) is 2.71. The maximum atomic E-state index is 5.74. The van der Waals surface area contributed by atoms with Gasteiger partial charge in [-0.15, -0.1) is 0 Å². The fourth-order valence-corrected chi connectivity index (χ4v) is 1.56. The molecule has 2 aromatic heterocycles. The number of nitrogen functional groups attached to an aromatic ring is 1. The lowest BCUT2D eigenvalue weighted by atomic mass is 10.3. The summed E-state index contributed by atoms with van der Waals surface area (Å²) in [6.45, 7) is 2.75. The van der Waals surface area contributed by atoms with Crippen molar-refractivity contribution in [1.29, 1.82) is 0 Å². The molecule has 0 aliphatic heterocycles. The molecule has 0 aromatic carbocycles. The predicted molar refractivity (Wildman–Crippen MR) is 57.7 cm³/mol. The van der Waals surface area contributed by atoms with Gasteiger partial charge in [-0.25, -0.2) is 4.68 Å². The summed E-state index contributed by atoms with van der Waals surface area (Å²) in [5.41, 5.74) is 6.50. The monoisotopic (exact) mass is 255 g/mol. The molecule has 0 fully saturated rings. The predicted octanol–water partition coefficient (Wildman–Crippen LogP) is 2.51. The Morgan fingerprint density at radius 3 is 2.86 bits per heavy atom. The zero-order valence-corrected chi connectivity index (χ0v) is 9.28. The van der Waals surface area contributed by atoms with Gasteiger partial charge in [0, 0.05) is 12.6 Å². The van der Waals surface area contributed by atoms with Crippen molar-refractivity contribution in [2.24, 2.45) is 0 Å². The quantitative estimate of drug-likeness (QED) is 0.898. The van der Waals surface area contributed by atoms with Crippen LogP contribution in [-0.2, 0) is 6.54 Å². The van der Waals surface area contributed by atoms with E-state index in [1.807, 2.05) is 19.1 Å². The van der Waals surface area contributed by atoms with E-state index in [4.69, 9.17) is 10.2 Å². The third-order valence-corrected chi connectivity index (χ3v) is 2.36. The van der Waals surface area contributed by atoms with E-state index in [0.29, 0.717) is 10.5 Å². The van der Waals surface area contributed by atoms with E-state index in [9.17, 15) is 0 Å². The first-order valence-corrected chi connectivity index (χ1v) is 5.09. The van der Waals surface area contributed by atoms with Crippen molar-refractivity contribution < 1.29 is 4.42 Å². The van der Waals surface area contributed by atoms with Gasteiger partial charge in [-0.05, 0) is 35.0 Å². The van der Waals surface area contributed by atoms with Gasteiger partial charge in [0.1, 0.15) is 11.5 Å². The maximum absolute atomic E-state index is 5.74. The Morgan fingerprint density at radius 1 is 1.57 bits per heavy atom. The molecule has 0 saturated carbocycles. The van der Waals surface area contributed by atoms with E-state index in [0.717, 1.165) is 18.0 Å². The molecule has 0 aliphatic carbocycles. The van der Waals surface area contributed by atoms with E-state index in [-0.39, 0.29) is 0 Å². The van der Waals surface area contributed by atoms with Crippen molar-refractivity contribution >= 4 is 21.7 Å². The molecular weight excluding hydrogens is 246 g/mol. The number of halogens is 1. The molecule has 0 aliphatic rings. The summed E-state index contributed by atoms with van der Waals surface area (Å²) in [7, 11) is 0. The van der Waals surface area contributed by atoms with E-state index in [1.165, 1.54) is 0 Å². The Labute approximate surface area is 89.8 Å². The van der Waals surface area contributed by atoms with Crippen LogP contribution in [-0.4, -0.2) is 9.78 Å². The molecule has 14 heavy (non-hydrogen) atoms. The standard InChI is InChI=1S/C9H10BrN3O/c1-2-13-9(11)5-6(12-13)7-3-4-8(10)14-7/h3-5H,2,11H2,1H3. The zero-order chi connectivity index (χ0) is 10.1. The van der Waals surface area contributed by atoms with Crippen molar-refractivity contribution in [2.75, 3.05) is 5.73 Å². The molecule has 0 atom stereocenters. The van der Waals surface area contributed by atoms with Gasteiger partial charge in [-0.2, -0.15) is 5.10 Å². The van der Waals surface area contributed by atoms with Crippen molar-refractivity contribution in [3.63, 3.8) is 0 Å². The first-order chi connectivity index (χ1) is 6.70. The number of aromatic nitrogens is 2. The molecule has 0 amide bonds. The lowest BCUT2D eigenvalue weighted by Crippen LogP contribution is -2.01. The number of anilines is 1. The van der Waals surface area contributed by atoms with Crippen LogP contribution in [0.3, 0.4) is 0 Å². The smallest absolute Gasteiger partial charge is 0.169 e. The third kappa shape index (κ3) is 1.55. The van der Waals surface area contributed by atoms with Gasteiger partial charge in [-0.3, -0.25) is 0 Å². The van der Waals surface area contributed by atoms with Gasteiger partial charge in [0.2, 0.25) is 0 Å². The van der Waals surface area contributed by atoms with Gasteiger partial charge in [0.15, 0.2) is 10.4 Å². The summed E-state index contributed by atoms with van der Waals surface area (Å²) in [5, 5.41) is 4.29. The Hall–Kier alpha value is -1.23. The van der Waals surface area contributed by atoms with E-state index >= 15 is 0 Å². The molecule has 0 unspecified atom stereocenters. The van der Waals surface area contributed by atoms with Gasteiger partial charge in [0.25, 0.3) is 0 Å². The highest BCUT2D eigenvalue weighted by atomic mass is 79.9. The van der Waals surface area contributed by atoms with E-state index < -0.39 is 0 Å². The fourth-order valence-electron chi connectivity index (χ4n) is 1.26. The summed E-state index contributed by atoms with van der Waals surface area (Å²) in [5.74, 6) is 1.37. The lowest BCUT2D eigenvalue weighted by molar-refractivity contribution is 0.550. The first kappa shape index (κ1) is 9.33. The van der Waals surface area contributed by atoms with Crippen LogP contribution >= 0.6 is 15.9 Å². The van der Waals surface area contributed by atoms with Gasteiger partial charge in [-0.1, -0.05) is 0 Å². The second-order valence-corrected chi connectivity index (χ2v) is 3.66. The average molecular weight is 256 g/mol. The van der Waals surface area contributed by atoms with Gasteiger partial charge in [0.05, 0.1) is 0 Å². The molecule has 0 spiro atoms. The zero-order valence-electron chi connectivity index (χ0n) is 7.70. The minimum absolute atomic E-state index is 0.648. The van der Waals surface area contributed by atoms with Crippen LogP contribution in [0.5, 0.6) is 0 Å². The number of hydrogen-bond acceptors (Lipinski definition) is 3. The summed E-state index contributed by atoms with van der Waals surface area (Å²) < 4.78 is 7.79. The maximum Gasteiger partial charge on any atom is 0.169 e. The van der Waals surface area contributed by atoms with Gasteiger partial charge < -0.3 is 10.2 Å². The number of nitrogens with two attached hydrogens (primary N) is 1. The molecule has 2 heterocycles. The molecule has 2 rings (SSSR count). The van der Waals surface area contributed by atoms with Gasteiger partial charge >= 0.3 is 0 Å². The minimum atomic E-state index is 0.648. The molecule has 2 aromatic rings. The Bertz CT molecular complexity index is 447. The summed E-state index contributed by atoms with van der Waals surface area (Å²) >= 11 is 3.24. The van der Waals surface area contributed by atoms with Crippen LogP contribution in [0.2, 0.25) is 0 Å². The lowest BCUT2D eigenvalue weighted by Gasteiger charge is -1.95. The van der Waals surface area contributed by atoms with Crippen LogP contribution in [0.25, 0.3) is 11.5 Å². The fraction of sp³-hybridized carbons (Fsp3) is 0.222. The molecule has 0 bridgehead atoms. The van der Waals surface area contributed by atoms with Crippen LogP contribution in [0.4, 0.5) is 5.82 Å². The Kier molecular flexibility index (Phi) is 2.33. The molecular formula is C9H10BrN3O. The highest BCUT2D eigenvalue weighted by Gasteiger charge is 2.09. The number of rotatable bonds is 2. The Morgan fingerprint density at radius 2 is 2.36 bits per heavy atom. The molecule has 5 heteroatoms. The Balaban J connectivity index is 2.42. The SMILES string of the molecule is CCn1nc(-c2ccc(Br)o2)cc1N. The van der Waals surface area contributed by atoms with Crippen molar-refractivity contribution in [3.8, 4) is 11.5 Å². The van der Waals surface area contributed by atoms with Crippen LogP contribution in [0.1, 0.15) is 6.92 Å². The number of aryl methyl sites for hydroxylation is 1.